The third kappa shape index (κ3) is 2.49. The number of rotatable bonds is 1. The molecule has 21 heavy (non-hydrogen) atoms. The van der Waals surface area contributed by atoms with E-state index >= 15 is 0 Å². The Bertz CT molecular complexity index is 767. The molecule has 3 aromatic rings. The molecule has 2 aromatic carbocycles. The summed E-state index contributed by atoms with van der Waals surface area (Å²) in [5.74, 6) is 0.245. The van der Waals surface area contributed by atoms with Crippen molar-refractivity contribution < 1.29 is 17.6 Å². The van der Waals surface area contributed by atoms with Crippen molar-refractivity contribution in [2.75, 3.05) is 0 Å². The molecule has 0 atom stereocenters. The predicted octanol–water partition coefficient (Wildman–Crippen LogP) is 5.48. The minimum Gasteiger partial charge on any atom is -0.435 e. The van der Waals surface area contributed by atoms with Crippen LogP contribution in [-0.2, 0) is 6.18 Å². The Hall–Kier alpha value is -2.01. The average molecular weight is 312 g/mol. The molecule has 3 rings (SSSR count). The molecule has 0 unspecified atom stereocenters. The van der Waals surface area contributed by atoms with Crippen LogP contribution < -0.4 is 0 Å². The fourth-order valence-corrected chi connectivity index (χ4v) is 2.22. The minimum absolute atomic E-state index is 0.245. The van der Waals surface area contributed by atoms with Gasteiger partial charge in [0.2, 0.25) is 5.89 Å². The first-order chi connectivity index (χ1) is 9.86. The van der Waals surface area contributed by atoms with Gasteiger partial charge in [-0.3, -0.25) is 0 Å². The molecule has 0 spiro atoms. The van der Waals surface area contributed by atoms with E-state index < -0.39 is 11.7 Å². The van der Waals surface area contributed by atoms with Crippen molar-refractivity contribution >= 4 is 22.7 Å². The maximum absolute atomic E-state index is 12.5. The number of oxazole rings is 1. The molecule has 1 heterocycles. The summed E-state index contributed by atoms with van der Waals surface area (Å²) in [6.07, 6.45) is -4.36. The van der Waals surface area contributed by atoms with Crippen molar-refractivity contribution in [1.82, 2.24) is 4.98 Å². The van der Waals surface area contributed by atoms with Gasteiger partial charge >= 0.3 is 6.18 Å². The highest BCUT2D eigenvalue weighted by Gasteiger charge is 2.30. The summed E-state index contributed by atoms with van der Waals surface area (Å²) in [6.45, 7) is 1.86. The molecule has 0 amide bonds. The van der Waals surface area contributed by atoms with E-state index in [1.165, 1.54) is 12.1 Å². The third-order valence-corrected chi connectivity index (χ3v) is 3.45. The molecule has 0 aliphatic rings. The van der Waals surface area contributed by atoms with Crippen molar-refractivity contribution in [3.63, 3.8) is 0 Å². The number of aryl methyl sites for hydroxylation is 1. The molecule has 2 nitrogen and oxygen atoms in total. The van der Waals surface area contributed by atoms with Crippen molar-refractivity contribution in [3.8, 4) is 11.5 Å². The Balaban J connectivity index is 2.09. The van der Waals surface area contributed by atoms with Crippen LogP contribution in [0, 0.1) is 6.92 Å². The standard InChI is InChI=1S/C15H9ClF3NO/c1-8-2-7-11(16)13-12(8)20-14(21-13)9-3-5-10(6-4-9)15(17,18)19/h2-7H,1H3. The SMILES string of the molecule is Cc1ccc(Cl)c2oc(-c3ccc(C(F)(F)F)cc3)nc12. The molecule has 1 aromatic heterocycles. The minimum atomic E-state index is -4.36. The van der Waals surface area contributed by atoms with Crippen LogP contribution in [0.3, 0.4) is 0 Å². The molecule has 0 saturated heterocycles. The van der Waals surface area contributed by atoms with Gasteiger partial charge in [-0.05, 0) is 42.8 Å². The van der Waals surface area contributed by atoms with E-state index in [0.717, 1.165) is 17.7 Å². The van der Waals surface area contributed by atoms with Crippen LogP contribution >= 0.6 is 11.6 Å². The van der Waals surface area contributed by atoms with Crippen LogP contribution in [0.5, 0.6) is 0 Å². The van der Waals surface area contributed by atoms with Gasteiger partial charge in [0.25, 0.3) is 0 Å². The first-order valence-corrected chi connectivity index (χ1v) is 6.47. The van der Waals surface area contributed by atoms with Crippen LogP contribution in [0.2, 0.25) is 5.02 Å². The second-order valence-electron chi connectivity index (χ2n) is 4.64. The molecular formula is C15H9ClF3NO. The Labute approximate surface area is 123 Å². The summed E-state index contributed by atoms with van der Waals surface area (Å²) in [4.78, 5) is 4.30. The summed E-state index contributed by atoms with van der Waals surface area (Å²) in [6, 6.07) is 8.16. The van der Waals surface area contributed by atoms with E-state index in [4.69, 9.17) is 16.0 Å². The zero-order valence-corrected chi connectivity index (χ0v) is 11.6. The van der Waals surface area contributed by atoms with Gasteiger partial charge in [0.15, 0.2) is 5.58 Å². The lowest BCUT2D eigenvalue weighted by Gasteiger charge is -2.05. The lowest BCUT2D eigenvalue weighted by atomic mass is 10.1. The second kappa shape index (κ2) is 4.77. The van der Waals surface area contributed by atoms with Gasteiger partial charge in [-0.25, -0.2) is 4.98 Å². The van der Waals surface area contributed by atoms with E-state index in [2.05, 4.69) is 4.98 Å². The Morgan fingerprint density at radius 3 is 2.29 bits per heavy atom. The number of hydrogen-bond acceptors (Lipinski definition) is 2. The van der Waals surface area contributed by atoms with Crippen molar-refractivity contribution in [2.45, 2.75) is 13.1 Å². The summed E-state index contributed by atoms with van der Waals surface area (Å²) >= 11 is 6.03. The summed E-state index contributed by atoms with van der Waals surface area (Å²) in [7, 11) is 0. The highest BCUT2D eigenvalue weighted by molar-refractivity contribution is 6.34. The zero-order valence-electron chi connectivity index (χ0n) is 10.8. The van der Waals surface area contributed by atoms with Gasteiger partial charge in [0, 0.05) is 5.56 Å². The first kappa shape index (κ1) is 13.9. The zero-order chi connectivity index (χ0) is 15.2. The van der Waals surface area contributed by atoms with Gasteiger partial charge < -0.3 is 4.42 Å². The number of nitrogens with zero attached hydrogens (tertiary/aromatic N) is 1. The van der Waals surface area contributed by atoms with E-state index in [-0.39, 0.29) is 5.89 Å². The maximum atomic E-state index is 12.5. The molecule has 0 saturated carbocycles. The van der Waals surface area contributed by atoms with E-state index in [9.17, 15) is 13.2 Å². The number of alkyl halides is 3. The highest BCUT2D eigenvalue weighted by atomic mass is 35.5. The average Bonchev–Trinajstić information content (AvgIpc) is 2.89. The predicted molar refractivity (Wildman–Crippen MR) is 74.2 cm³/mol. The van der Waals surface area contributed by atoms with Crippen molar-refractivity contribution in [1.29, 1.82) is 0 Å². The molecule has 0 aliphatic carbocycles. The van der Waals surface area contributed by atoms with Gasteiger partial charge in [-0.1, -0.05) is 17.7 Å². The van der Waals surface area contributed by atoms with Gasteiger partial charge in [-0.2, -0.15) is 13.2 Å². The Kier molecular flexibility index (Phi) is 3.17. The Morgan fingerprint density at radius 2 is 1.71 bits per heavy atom. The number of fused-ring (bicyclic) bond motifs is 1. The van der Waals surface area contributed by atoms with Gasteiger partial charge in [-0.15, -0.1) is 0 Å². The van der Waals surface area contributed by atoms with E-state index in [0.29, 0.717) is 21.7 Å². The van der Waals surface area contributed by atoms with Gasteiger partial charge in [0.1, 0.15) is 5.52 Å². The van der Waals surface area contributed by atoms with Crippen LogP contribution in [0.15, 0.2) is 40.8 Å². The van der Waals surface area contributed by atoms with Gasteiger partial charge in [0.05, 0.1) is 10.6 Å². The van der Waals surface area contributed by atoms with Crippen LogP contribution in [0.1, 0.15) is 11.1 Å². The maximum Gasteiger partial charge on any atom is 0.416 e. The molecule has 6 heteroatoms. The summed E-state index contributed by atoms with van der Waals surface area (Å²) in [5, 5.41) is 0.418. The lowest BCUT2D eigenvalue weighted by Crippen LogP contribution is -2.03. The molecular weight excluding hydrogens is 303 g/mol. The van der Waals surface area contributed by atoms with Crippen LogP contribution in [-0.4, -0.2) is 4.98 Å². The molecule has 0 fully saturated rings. The monoisotopic (exact) mass is 311 g/mol. The topological polar surface area (TPSA) is 26.0 Å². The van der Waals surface area contributed by atoms with Crippen LogP contribution in [0.25, 0.3) is 22.6 Å². The Morgan fingerprint density at radius 1 is 1.05 bits per heavy atom. The van der Waals surface area contributed by atoms with Crippen molar-refractivity contribution in [2.24, 2.45) is 0 Å². The number of hydrogen-bond donors (Lipinski definition) is 0. The van der Waals surface area contributed by atoms with E-state index in [1.807, 2.05) is 13.0 Å². The first-order valence-electron chi connectivity index (χ1n) is 6.09. The van der Waals surface area contributed by atoms with Crippen LogP contribution in [0.4, 0.5) is 13.2 Å². The van der Waals surface area contributed by atoms with E-state index in [1.54, 1.807) is 6.07 Å². The quantitative estimate of drug-likeness (QED) is 0.595. The lowest BCUT2D eigenvalue weighted by molar-refractivity contribution is -0.137. The molecule has 0 radical (unpaired) electrons. The molecule has 0 N–H and O–H groups in total. The molecule has 0 bridgehead atoms. The number of benzene rings is 2. The fraction of sp³-hybridized carbons (Fsp3) is 0.133. The molecule has 0 aliphatic heterocycles. The number of halogens is 4. The molecule has 108 valence electrons. The third-order valence-electron chi connectivity index (χ3n) is 3.16. The summed E-state index contributed by atoms with van der Waals surface area (Å²) in [5.41, 5.74) is 1.69. The normalized spacial score (nSPS) is 12.0. The smallest absolute Gasteiger partial charge is 0.416 e. The van der Waals surface area contributed by atoms with Crippen molar-refractivity contribution in [3.05, 3.63) is 52.5 Å². The summed E-state index contributed by atoms with van der Waals surface area (Å²) < 4.78 is 43.2. The highest BCUT2D eigenvalue weighted by Crippen LogP contribution is 2.33. The second-order valence-corrected chi connectivity index (χ2v) is 5.04. The fourth-order valence-electron chi connectivity index (χ4n) is 2.03. The largest absolute Gasteiger partial charge is 0.435 e. The number of aromatic nitrogens is 1.